The molecule has 0 aliphatic carbocycles. The second-order valence-electron chi connectivity index (χ2n) is 4.07. The van der Waals surface area contributed by atoms with Gasteiger partial charge in [0.05, 0.1) is 0 Å². The summed E-state index contributed by atoms with van der Waals surface area (Å²) in [4.78, 5) is 0. The molecule has 0 aromatic carbocycles. The maximum Gasteiger partial charge on any atom is 0 e. The van der Waals surface area contributed by atoms with E-state index in [1.165, 1.54) is 12.8 Å². The van der Waals surface area contributed by atoms with E-state index in [1.54, 1.807) is 0 Å². The third-order valence-corrected chi connectivity index (χ3v) is 1.61. The summed E-state index contributed by atoms with van der Waals surface area (Å²) in [5.74, 6) is 1.64. The van der Waals surface area contributed by atoms with E-state index in [4.69, 9.17) is 0 Å². The zero-order valence-electron chi connectivity index (χ0n) is 9.97. The minimum Gasteiger partial charge on any atom is -0.343 e. The molecule has 0 saturated carbocycles. The van der Waals surface area contributed by atoms with Crippen LogP contribution in [0.2, 0.25) is 0 Å². The van der Waals surface area contributed by atoms with Crippen LogP contribution >= 0.6 is 0 Å². The fourth-order valence-corrected chi connectivity index (χ4v) is 0.553. The first-order valence-electron chi connectivity index (χ1n) is 5.13. The number of unbranched alkanes of at least 4 members (excludes halogenated alkanes) is 1. The second-order valence-corrected chi connectivity index (χ2v) is 4.07. The van der Waals surface area contributed by atoms with Crippen LogP contribution in [0.5, 0.6) is 0 Å². The molecule has 0 atom stereocenters. The largest absolute Gasteiger partial charge is 0.343 e. The van der Waals surface area contributed by atoms with Crippen molar-refractivity contribution < 1.29 is 32.7 Å². The van der Waals surface area contributed by atoms with Gasteiger partial charge in [0.2, 0.25) is 0 Å². The zero-order chi connectivity index (χ0) is 9.98. The predicted octanol–water partition coefficient (Wildman–Crippen LogP) is 4.51. The van der Waals surface area contributed by atoms with Crippen molar-refractivity contribution in [1.82, 2.24) is 0 Å². The molecular weight excluding hydrogens is 233 g/mol. The van der Waals surface area contributed by atoms with Gasteiger partial charge in [-0.25, -0.2) is 0 Å². The van der Waals surface area contributed by atoms with Gasteiger partial charge in [-0.1, -0.05) is 46.5 Å². The van der Waals surface area contributed by atoms with Crippen molar-refractivity contribution in [3.8, 4) is 0 Å². The van der Waals surface area contributed by atoms with Crippen LogP contribution in [-0.4, -0.2) is 0 Å². The van der Waals surface area contributed by atoms with Gasteiger partial charge in [-0.05, 0) is 5.92 Å². The Balaban J connectivity index is -0.000000150. The van der Waals surface area contributed by atoms with Crippen molar-refractivity contribution in [2.45, 2.75) is 53.4 Å². The molecule has 0 aliphatic rings. The average molecular weight is 259 g/mol. The van der Waals surface area contributed by atoms with Crippen molar-refractivity contribution in [3.05, 3.63) is 13.8 Å². The molecule has 0 N–H and O–H groups in total. The van der Waals surface area contributed by atoms with Crippen LogP contribution in [-0.2, 0) is 32.7 Å². The van der Waals surface area contributed by atoms with Gasteiger partial charge in [-0.3, -0.25) is 0 Å². The molecule has 0 amide bonds. The van der Waals surface area contributed by atoms with E-state index in [1.807, 2.05) is 0 Å². The molecule has 13 heavy (non-hydrogen) atoms. The summed E-state index contributed by atoms with van der Waals surface area (Å²) >= 11 is 0. The fraction of sp³-hybridized carbons (Fsp3) is 0.833. The Morgan fingerprint density at radius 2 is 1.31 bits per heavy atom. The molecule has 0 heterocycles. The predicted molar refractivity (Wildman–Crippen MR) is 58.9 cm³/mol. The Morgan fingerprint density at radius 3 is 1.38 bits per heavy atom. The third-order valence-electron chi connectivity index (χ3n) is 1.61. The van der Waals surface area contributed by atoms with Crippen molar-refractivity contribution in [3.63, 3.8) is 0 Å². The molecule has 0 nitrogen and oxygen atoms in total. The fourth-order valence-electron chi connectivity index (χ4n) is 0.553. The van der Waals surface area contributed by atoms with Gasteiger partial charge in [0, 0.05) is 32.7 Å². The van der Waals surface area contributed by atoms with E-state index in [9.17, 15) is 0 Å². The normalized spacial score (nSPS) is 9.23. The van der Waals surface area contributed by atoms with E-state index in [0.29, 0.717) is 0 Å². The molecule has 1 heteroatoms. The van der Waals surface area contributed by atoms with E-state index in [2.05, 4.69) is 41.5 Å². The molecule has 0 aromatic heterocycles. The summed E-state index contributed by atoms with van der Waals surface area (Å²) in [6.07, 6.45) is 4.78. The molecule has 0 saturated heterocycles. The first kappa shape index (κ1) is 19.6. The SMILES string of the molecule is [CH2-]CC(C)C.[CH2-]CCCC(C)C.[Y]. The first-order valence-corrected chi connectivity index (χ1v) is 5.13. The van der Waals surface area contributed by atoms with Crippen LogP contribution in [0.15, 0.2) is 0 Å². The molecule has 0 aromatic rings. The quantitative estimate of drug-likeness (QED) is 0.651. The third kappa shape index (κ3) is 32.0. The Morgan fingerprint density at radius 1 is 0.923 bits per heavy atom. The maximum absolute atomic E-state index is 3.76. The van der Waals surface area contributed by atoms with Crippen molar-refractivity contribution in [1.29, 1.82) is 0 Å². The number of rotatable bonds is 4. The van der Waals surface area contributed by atoms with Gasteiger partial charge in [0.15, 0.2) is 0 Å². The van der Waals surface area contributed by atoms with Gasteiger partial charge in [-0.15, -0.1) is 0 Å². The van der Waals surface area contributed by atoms with E-state index in [0.717, 1.165) is 24.7 Å². The van der Waals surface area contributed by atoms with Crippen molar-refractivity contribution >= 4 is 0 Å². The van der Waals surface area contributed by atoms with Crippen LogP contribution in [0.3, 0.4) is 0 Å². The van der Waals surface area contributed by atoms with Crippen molar-refractivity contribution in [2.24, 2.45) is 11.8 Å². The van der Waals surface area contributed by atoms with Crippen LogP contribution < -0.4 is 0 Å². The summed E-state index contributed by atoms with van der Waals surface area (Å²) in [5, 5.41) is 0. The molecule has 0 rings (SSSR count). The van der Waals surface area contributed by atoms with Gasteiger partial charge >= 0.3 is 0 Å². The van der Waals surface area contributed by atoms with Crippen LogP contribution in [0.25, 0.3) is 0 Å². The molecule has 0 unspecified atom stereocenters. The summed E-state index contributed by atoms with van der Waals surface area (Å²) in [6, 6.07) is 0. The van der Waals surface area contributed by atoms with Crippen molar-refractivity contribution in [2.75, 3.05) is 0 Å². The minimum atomic E-state index is 0. The molecule has 79 valence electrons. The Labute approximate surface area is 111 Å². The average Bonchev–Trinajstić information content (AvgIpc) is 2.02. The number of hydrogen-bond donors (Lipinski definition) is 0. The Bertz CT molecular complexity index is 67.5. The summed E-state index contributed by atoms with van der Waals surface area (Å²) < 4.78 is 0. The Kier molecular flexibility index (Phi) is 23.5. The monoisotopic (exact) mass is 259 g/mol. The maximum atomic E-state index is 3.76. The Hall–Kier alpha value is 1.10. The van der Waals surface area contributed by atoms with Gasteiger partial charge in [0.25, 0.3) is 0 Å². The smallest absolute Gasteiger partial charge is 0 e. The standard InChI is InChI=1S/C7H15.C5H11.Y/c1-4-5-6-7(2)3;1-4-5(2)3;/h7H,1,4-6H2,2-3H3;5H,1,4H2,2-3H3;/q2*-1;. The van der Waals surface area contributed by atoms with Gasteiger partial charge < -0.3 is 13.8 Å². The van der Waals surface area contributed by atoms with Gasteiger partial charge in [0.1, 0.15) is 0 Å². The topological polar surface area (TPSA) is 0 Å². The summed E-state index contributed by atoms with van der Waals surface area (Å²) in [5.41, 5.74) is 0. The molecule has 0 bridgehead atoms. The van der Waals surface area contributed by atoms with Crippen LogP contribution in [0, 0.1) is 25.7 Å². The summed E-state index contributed by atoms with van der Waals surface area (Å²) in [7, 11) is 0. The van der Waals surface area contributed by atoms with E-state index < -0.39 is 0 Å². The molecule has 0 aliphatic heterocycles. The van der Waals surface area contributed by atoms with Crippen LogP contribution in [0.4, 0.5) is 0 Å². The van der Waals surface area contributed by atoms with Crippen LogP contribution in [0.1, 0.15) is 53.4 Å². The molecule has 1 radical (unpaired) electrons. The first-order chi connectivity index (χ1) is 5.54. The van der Waals surface area contributed by atoms with E-state index >= 15 is 0 Å². The zero-order valence-corrected chi connectivity index (χ0v) is 12.8. The second kappa shape index (κ2) is 15.6. The summed E-state index contributed by atoms with van der Waals surface area (Å²) in [6.45, 7) is 16.3. The van der Waals surface area contributed by atoms with Gasteiger partial charge in [-0.2, -0.15) is 12.8 Å². The number of hydrogen-bond acceptors (Lipinski definition) is 0. The van der Waals surface area contributed by atoms with E-state index in [-0.39, 0.29) is 32.7 Å². The molecular formula is C12H26Y-2. The molecule has 0 fully saturated rings. The minimum absolute atomic E-state index is 0. The molecule has 0 spiro atoms.